The first-order valence-electron chi connectivity index (χ1n) is 18.3. The van der Waals surface area contributed by atoms with Crippen LogP contribution in [0, 0.1) is 30.1 Å². The molecule has 0 bridgehead atoms. The molecule has 2 amide bonds. The van der Waals surface area contributed by atoms with Gasteiger partial charge in [0.25, 0.3) is 0 Å². The highest BCUT2D eigenvalue weighted by atomic mass is 32.2. The maximum absolute atomic E-state index is 13.3. The van der Waals surface area contributed by atoms with Crippen LogP contribution < -0.4 is 4.74 Å². The van der Waals surface area contributed by atoms with Crippen LogP contribution in [0.1, 0.15) is 107 Å². The second-order valence-electron chi connectivity index (χ2n) is 15.6. The minimum Gasteiger partial charge on any atom is -0.410 e. The molecule has 13 heteroatoms. The molecule has 0 N–H and O–H groups in total. The molecule has 6 rings (SSSR count). The maximum Gasteiger partial charge on any atom is 0.453 e. The molecule has 50 heavy (non-hydrogen) atoms. The van der Waals surface area contributed by atoms with E-state index < -0.39 is 41.8 Å². The number of hydrogen-bond donors (Lipinski definition) is 0. The number of carbonyl (C=O) groups excluding carboxylic acids is 3. The van der Waals surface area contributed by atoms with Gasteiger partial charge >= 0.3 is 18.2 Å². The number of benzene rings is 1. The van der Waals surface area contributed by atoms with Crippen LogP contribution in [0.4, 0.5) is 26.7 Å². The zero-order valence-electron chi connectivity index (χ0n) is 29.0. The Hall–Kier alpha value is -2.57. The largest absolute Gasteiger partial charge is 0.453 e. The van der Waals surface area contributed by atoms with E-state index in [1.54, 1.807) is 4.90 Å². The monoisotopic (exact) mass is 728 g/mol. The highest BCUT2D eigenvalue weighted by Crippen LogP contribution is 2.61. The van der Waals surface area contributed by atoms with Gasteiger partial charge in [-0.25, -0.2) is 4.79 Å². The Morgan fingerprint density at radius 1 is 1.00 bits per heavy atom. The second kappa shape index (κ2) is 14.5. The average molecular weight is 729 g/mol. The van der Waals surface area contributed by atoms with Gasteiger partial charge in [-0.1, -0.05) is 13.0 Å². The van der Waals surface area contributed by atoms with Gasteiger partial charge in [0.05, 0.1) is 0 Å². The molecule has 6 atom stereocenters. The number of amides is 2. The van der Waals surface area contributed by atoms with Crippen LogP contribution >= 0.6 is 0 Å². The first kappa shape index (κ1) is 37.2. The summed E-state index contributed by atoms with van der Waals surface area (Å²) in [7, 11) is -1.52. The molecule has 4 fully saturated rings. The van der Waals surface area contributed by atoms with Gasteiger partial charge < -0.3 is 14.5 Å². The molecule has 5 aliphatic rings. The van der Waals surface area contributed by atoms with E-state index in [4.69, 9.17) is 4.74 Å². The van der Waals surface area contributed by atoms with Gasteiger partial charge in [-0.05, 0) is 118 Å². The van der Waals surface area contributed by atoms with Crippen molar-refractivity contribution in [2.45, 2.75) is 121 Å². The van der Waals surface area contributed by atoms with Gasteiger partial charge in [0.15, 0.2) is 0 Å². The standard InChI is InChI=1S/C37H49F5N2O5S/c1-23-20-28-25(22-30(23)49-34(47)43-16-11-26(12-17-43)44-15-3-7-32(44)46)21-24(33-27(28)10-14-35(2)29(33)8-9-31(35)45)6-4-18-50(48)19-5-13-36(38,39)37(40,41)42/h20,22,24,26-27,29,33H,3-19,21H2,1-2H3/t24-,27-,29+,33-,35+,50?/m1/s1. The number of Topliss-reactive ketones (excluding diaryl/α,β-unsaturated/α-hetero) is 1. The van der Waals surface area contributed by atoms with Crippen molar-refractivity contribution in [3.63, 3.8) is 0 Å². The molecule has 0 radical (unpaired) electrons. The fourth-order valence-electron chi connectivity index (χ4n) is 9.86. The number of hydrogen-bond acceptors (Lipinski definition) is 5. The quantitative estimate of drug-likeness (QED) is 0.230. The predicted molar refractivity (Wildman–Crippen MR) is 179 cm³/mol. The molecule has 2 heterocycles. The smallest absolute Gasteiger partial charge is 0.410 e. The first-order chi connectivity index (χ1) is 23.6. The maximum atomic E-state index is 13.3. The zero-order valence-corrected chi connectivity index (χ0v) is 29.8. The Morgan fingerprint density at radius 3 is 2.40 bits per heavy atom. The van der Waals surface area contributed by atoms with Crippen molar-refractivity contribution in [2.24, 2.45) is 23.2 Å². The molecule has 3 aliphatic carbocycles. The third-order valence-electron chi connectivity index (χ3n) is 12.6. The van der Waals surface area contributed by atoms with Crippen molar-refractivity contribution in [2.75, 3.05) is 31.1 Å². The number of aryl methyl sites for hydroxylation is 1. The van der Waals surface area contributed by atoms with Crippen molar-refractivity contribution in [3.05, 3.63) is 28.8 Å². The fourth-order valence-corrected chi connectivity index (χ4v) is 11.0. The molecule has 2 saturated heterocycles. The van der Waals surface area contributed by atoms with Gasteiger partial charge in [-0.3, -0.25) is 13.8 Å². The SMILES string of the molecule is Cc1cc2c(cc1OC(=O)N1CCC(N3CCCC3=O)CC1)C[C@@H](CCCS(=O)CCCC(F)(F)C(F)(F)F)[C@@H]1[C@@H]2CC[C@]2(C)C(=O)CC[C@@H]12. The lowest BCUT2D eigenvalue weighted by molar-refractivity contribution is -0.284. The van der Waals surface area contributed by atoms with Crippen LogP contribution in [0.2, 0.25) is 0 Å². The Labute approximate surface area is 293 Å². The van der Waals surface area contributed by atoms with Crippen molar-refractivity contribution >= 4 is 28.6 Å². The third kappa shape index (κ3) is 7.35. The van der Waals surface area contributed by atoms with Gasteiger partial charge in [-0.2, -0.15) is 22.0 Å². The highest BCUT2D eigenvalue weighted by Gasteiger charge is 2.57. The number of likely N-dealkylation sites (tertiary alicyclic amines) is 2. The second-order valence-corrected chi connectivity index (χ2v) is 17.3. The van der Waals surface area contributed by atoms with Gasteiger partial charge in [0.2, 0.25) is 5.91 Å². The molecular formula is C37H49F5N2O5S. The number of alkyl halides is 5. The van der Waals surface area contributed by atoms with E-state index in [9.17, 15) is 40.5 Å². The number of ether oxygens (including phenoxy) is 1. The van der Waals surface area contributed by atoms with E-state index in [0.717, 1.165) is 56.2 Å². The van der Waals surface area contributed by atoms with Crippen LogP contribution in [-0.4, -0.2) is 81.1 Å². The van der Waals surface area contributed by atoms with Crippen molar-refractivity contribution in [1.29, 1.82) is 0 Å². The van der Waals surface area contributed by atoms with E-state index in [1.165, 1.54) is 5.56 Å². The van der Waals surface area contributed by atoms with Gasteiger partial charge in [-0.15, -0.1) is 0 Å². The van der Waals surface area contributed by atoms with Crippen LogP contribution in [0.15, 0.2) is 12.1 Å². The molecule has 2 saturated carbocycles. The molecule has 1 aromatic carbocycles. The number of nitrogens with zero attached hydrogens (tertiary/aromatic N) is 2. The fraction of sp³-hybridized carbons (Fsp3) is 0.757. The Morgan fingerprint density at radius 2 is 1.72 bits per heavy atom. The molecule has 2 aliphatic heterocycles. The van der Waals surface area contributed by atoms with E-state index in [2.05, 4.69) is 13.0 Å². The predicted octanol–water partition coefficient (Wildman–Crippen LogP) is 7.74. The molecular weight excluding hydrogens is 679 g/mol. The molecule has 0 aromatic heterocycles. The Kier molecular flexibility index (Phi) is 10.8. The number of piperidine rings is 1. The Balaban J connectivity index is 1.12. The summed E-state index contributed by atoms with van der Waals surface area (Å²) in [6, 6.07) is 4.28. The number of halogens is 5. The van der Waals surface area contributed by atoms with E-state index >= 15 is 0 Å². The minimum atomic E-state index is -5.61. The number of fused-ring (bicyclic) bond motifs is 5. The summed E-state index contributed by atoms with van der Waals surface area (Å²) >= 11 is 0. The van der Waals surface area contributed by atoms with Crippen LogP contribution in [0.25, 0.3) is 0 Å². The van der Waals surface area contributed by atoms with Crippen molar-refractivity contribution < 1.29 is 45.3 Å². The molecule has 1 aromatic rings. The van der Waals surface area contributed by atoms with E-state index in [-0.39, 0.29) is 52.5 Å². The highest BCUT2D eigenvalue weighted by molar-refractivity contribution is 7.84. The lowest BCUT2D eigenvalue weighted by Crippen LogP contribution is -2.48. The number of rotatable bonds is 10. The average Bonchev–Trinajstić information content (AvgIpc) is 3.62. The van der Waals surface area contributed by atoms with Crippen LogP contribution in [0.3, 0.4) is 0 Å². The molecule has 7 nitrogen and oxygen atoms in total. The lowest BCUT2D eigenvalue weighted by atomic mass is 9.52. The summed E-state index contributed by atoms with van der Waals surface area (Å²) in [5.41, 5.74) is 2.83. The summed E-state index contributed by atoms with van der Waals surface area (Å²) in [4.78, 5) is 42.3. The molecule has 0 spiro atoms. The summed E-state index contributed by atoms with van der Waals surface area (Å²) in [6.45, 7) is 5.87. The molecule has 1 unspecified atom stereocenters. The number of ketones is 1. The van der Waals surface area contributed by atoms with E-state index in [1.807, 2.05) is 17.9 Å². The van der Waals surface area contributed by atoms with Crippen molar-refractivity contribution in [3.8, 4) is 5.75 Å². The van der Waals surface area contributed by atoms with Gasteiger partial charge in [0.1, 0.15) is 11.5 Å². The Bertz CT molecular complexity index is 1490. The molecule has 278 valence electrons. The zero-order chi connectivity index (χ0) is 36.0. The van der Waals surface area contributed by atoms with Gasteiger partial charge in [0, 0.05) is 72.7 Å². The van der Waals surface area contributed by atoms with E-state index in [0.29, 0.717) is 56.7 Å². The van der Waals surface area contributed by atoms with Crippen molar-refractivity contribution in [1.82, 2.24) is 9.80 Å². The minimum absolute atomic E-state index is 0.160. The topological polar surface area (TPSA) is 84.0 Å². The summed E-state index contributed by atoms with van der Waals surface area (Å²) in [5.74, 6) is -2.91. The number of carbonyl (C=O) groups is 3. The summed E-state index contributed by atoms with van der Waals surface area (Å²) < 4.78 is 82.9. The first-order valence-corrected chi connectivity index (χ1v) is 19.8. The van der Waals surface area contributed by atoms with Crippen LogP contribution in [0.5, 0.6) is 5.75 Å². The summed E-state index contributed by atoms with van der Waals surface area (Å²) in [5, 5.41) is 0. The third-order valence-corrected chi connectivity index (χ3v) is 14.1. The van der Waals surface area contributed by atoms with Crippen LogP contribution in [-0.2, 0) is 26.8 Å². The summed E-state index contributed by atoms with van der Waals surface area (Å²) in [6.07, 6.45) is 0.0729. The lowest BCUT2D eigenvalue weighted by Gasteiger charge is -2.52. The normalized spacial score (nSPS) is 29.5.